The average Bonchev–Trinajstić information content (AvgIpc) is 3.00. The number of nitrogens with one attached hydrogen (secondary N) is 2. The second-order valence-corrected chi connectivity index (χ2v) is 6.45. The lowest BCUT2D eigenvalue weighted by Gasteiger charge is -2.07. The number of phenols is 1. The lowest BCUT2D eigenvalue weighted by molar-refractivity contribution is -0.137. The van der Waals surface area contributed by atoms with Crippen molar-refractivity contribution in [1.82, 2.24) is 15.2 Å². The van der Waals surface area contributed by atoms with Crippen LogP contribution >= 0.6 is 0 Å². The van der Waals surface area contributed by atoms with Crippen LogP contribution < -0.4 is 11.0 Å². The van der Waals surface area contributed by atoms with E-state index in [1.807, 2.05) is 0 Å². The number of nitrogens with zero attached hydrogens (tertiary/aromatic N) is 2. The van der Waals surface area contributed by atoms with Crippen LogP contribution in [0.5, 0.6) is 5.75 Å². The van der Waals surface area contributed by atoms with Crippen LogP contribution in [0.25, 0.3) is 5.69 Å². The Bertz CT molecular complexity index is 1180. The van der Waals surface area contributed by atoms with Gasteiger partial charge in [-0.1, -0.05) is 12.1 Å². The first kappa shape index (κ1) is 20.9. The molecule has 0 bridgehead atoms. The quantitative estimate of drug-likeness (QED) is 0.448. The molecule has 3 N–H and O–H groups in total. The van der Waals surface area contributed by atoms with Crippen molar-refractivity contribution in [3.05, 3.63) is 81.3 Å². The van der Waals surface area contributed by atoms with Crippen molar-refractivity contribution in [3.8, 4) is 11.4 Å². The summed E-state index contributed by atoms with van der Waals surface area (Å²) in [5, 5.41) is 16.4. The molecule has 1 aromatic heterocycles. The minimum atomic E-state index is -4.48. The van der Waals surface area contributed by atoms with Gasteiger partial charge in [0.2, 0.25) is 0 Å². The van der Waals surface area contributed by atoms with E-state index in [-0.39, 0.29) is 28.3 Å². The summed E-state index contributed by atoms with van der Waals surface area (Å²) in [6.45, 7) is 3.10. The van der Waals surface area contributed by atoms with Gasteiger partial charge in [-0.3, -0.25) is 14.7 Å². The number of amides is 1. The van der Waals surface area contributed by atoms with Gasteiger partial charge in [0.05, 0.1) is 28.1 Å². The van der Waals surface area contributed by atoms with Gasteiger partial charge in [0.25, 0.3) is 11.5 Å². The second-order valence-electron chi connectivity index (χ2n) is 6.45. The Labute approximate surface area is 168 Å². The molecule has 3 rings (SSSR count). The van der Waals surface area contributed by atoms with Gasteiger partial charge < -0.3 is 5.11 Å². The molecular weight excluding hydrogens is 401 g/mol. The first-order chi connectivity index (χ1) is 14.1. The monoisotopic (exact) mass is 418 g/mol. The SMILES string of the molecule is C/C(=N\NC(=O)c1ccccc1O)c1c(C)[nH]n(-c2ccc(C(F)(F)F)cc2)c1=O. The summed E-state index contributed by atoms with van der Waals surface area (Å²) in [6.07, 6.45) is -4.48. The Morgan fingerprint density at radius 3 is 2.37 bits per heavy atom. The predicted octanol–water partition coefficient (Wildman–Crippen LogP) is 3.35. The van der Waals surface area contributed by atoms with E-state index < -0.39 is 23.2 Å². The fraction of sp³-hybridized carbons (Fsp3) is 0.150. The minimum Gasteiger partial charge on any atom is -0.507 e. The fourth-order valence-electron chi connectivity index (χ4n) is 2.87. The molecule has 7 nitrogen and oxygen atoms in total. The van der Waals surface area contributed by atoms with E-state index in [1.54, 1.807) is 19.1 Å². The second kappa shape index (κ2) is 7.90. The van der Waals surface area contributed by atoms with Gasteiger partial charge in [-0.15, -0.1) is 0 Å². The van der Waals surface area contributed by atoms with Crippen LogP contribution in [0.4, 0.5) is 13.2 Å². The maximum atomic E-state index is 12.8. The number of H-pyrrole nitrogens is 1. The van der Waals surface area contributed by atoms with Gasteiger partial charge in [-0.25, -0.2) is 10.1 Å². The third kappa shape index (κ3) is 4.12. The number of benzene rings is 2. The summed E-state index contributed by atoms with van der Waals surface area (Å²) in [5.41, 5.74) is 1.89. The Kier molecular flexibility index (Phi) is 5.50. The number of carbonyl (C=O) groups excluding carboxylic acids is 1. The summed E-state index contributed by atoms with van der Waals surface area (Å²) in [7, 11) is 0. The van der Waals surface area contributed by atoms with Crippen molar-refractivity contribution >= 4 is 11.6 Å². The molecular formula is C20H17F3N4O3. The zero-order valence-electron chi connectivity index (χ0n) is 15.9. The summed E-state index contributed by atoms with van der Waals surface area (Å²) >= 11 is 0. The summed E-state index contributed by atoms with van der Waals surface area (Å²) in [6, 6.07) is 10.0. The molecule has 0 aliphatic rings. The standard InChI is InChI=1S/C20H17F3N4O3/c1-11(24-25-18(29)15-5-3-4-6-16(15)28)17-12(2)26-27(19(17)30)14-9-7-13(8-10-14)20(21,22)23/h3-10,26,28H,1-2H3,(H,25,29)/b24-11+. The molecule has 2 aromatic carbocycles. The van der Waals surface area contributed by atoms with Crippen LogP contribution in [0, 0.1) is 6.92 Å². The lowest BCUT2D eigenvalue weighted by Crippen LogP contribution is -2.23. The first-order valence-electron chi connectivity index (χ1n) is 8.72. The largest absolute Gasteiger partial charge is 0.507 e. The van der Waals surface area contributed by atoms with Gasteiger partial charge >= 0.3 is 6.18 Å². The average molecular weight is 418 g/mol. The van der Waals surface area contributed by atoms with Crippen LogP contribution in [-0.2, 0) is 6.18 Å². The van der Waals surface area contributed by atoms with E-state index >= 15 is 0 Å². The fourth-order valence-corrected chi connectivity index (χ4v) is 2.87. The van der Waals surface area contributed by atoms with E-state index in [9.17, 15) is 27.9 Å². The van der Waals surface area contributed by atoms with Crippen molar-refractivity contribution in [1.29, 1.82) is 0 Å². The summed E-state index contributed by atoms with van der Waals surface area (Å²) < 4.78 is 39.3. The van der Waals surface area contributed by atoms with Gasteiger partial charge in [-0.05, 0) is 50.2 Å². The van der Waals surface area contributed by atoms with Crippen LogP contribution in [0.15, 0.2) is 58.4 Å². The number of para-hydroxylation sites is 1. The van der Waals surface area contributed by atoms with Crippen LogP contribution in [0.3, 0.4) is 0 Å². The Balaban J connectivity index is 1.88. The zero-order valence-corrected chi connectivity index (χ0v) is 15.9. The predicted molar refractivity (Wildman–Crippen MR) is 104 cm³/mol. The molecule has 0 aliphatic heterocycles. The number of hydrogen-bond acceptors (Lipinski definition) is 4. The molecule has 156 valence electrons. The molecule has 0 spiro atoms. The Hall–Kier alpha value is -3.82. The maximum Gasteiger partial charge on any atom is 0.416 e. The molecule has 30 heavy (non-hydrogen) atoms. The van der Waals surface area contributed by atoms with Crippen molar-refractivity contribution in [2.75, 3.05) is 0 Å². The van der Waals surface area contributed by atoms with Gasteiger partial charge in [-0.2, -0.15) is 18.3 Å². The number of hydrogen-bond donors (Lipinski definition) is 3. The van der Waals surface area contributed by atoms with E-state index in [0.29, 0.717) is 5.69 Å². The Morgan fingerprint density at radius 2 is 1.77 bits per heavy atom. The molecule has 0 unspecified atom stereocenters. The highest BCUT2D eigenvalue weighted by Crippen LogP contribution is 2.29. The number of hydrazone groups is 1. The van der Waals surface area contributed by atoms with Gasteiger partial charge in [0.15, 0.2) is 0 Å². The van der Waals surface area contributed by atoms with Crippen LogP contribution in [0.1, 0.15) is 34.1 Å². The van der Waals surface area contributed by atoms with E-state index in [4.69, 9.17) is 0 Å². The highest BCUT2D eigenvalue weighted by atomic mass is 19.4. The number of aromatic amines is 1. The smallest absolute Gasteiger partial charge is 0.416 e. The number of alkyl halides is 3. The normalized spacial score (nSPS) is 12.1. The number of aryl methyl sites for hydroxylation is 1. The molecule has 0 saturated heterocycles. The molecule has 0 fully saturated rings. The number of aromatic nitrogens is 2. The minimum absolute atomic E-state index is 0.0157. The topological polar surface area (TPSA) is 99.5 Å². The number of carbonyl (C=O) groups is 1. The number of halogens is 3. The third-order valence-corrected chi connectivity index (χ3v) is 4.36. The van der Waals surface area contributed by atoms with Crippen molar-refractivity contribution in [2.24, 2.45) is 5.10 Å². The van der Waals surface area contributed by atoms with Crippen LogP contribution in [-0.4, -0.2) is 26.5 Å². The summed E-state index contributed by atoms with van der Waals surface area (Å²) in [4.78, 5) is 24.9. The van der Waals surface area contributed by atoms with E-state index in [0.717, 1.165) is 16.8 Å². The highest BCUT2D eigenvalue weighted by molar-refractivity contribution is 6.02. The molecule has 0 radical (unpaired) electrons. The van der Waals surface area contributed by atoms with Gasteiger partial charge in [0.1, 0.15) is 5.75 Å². The van der Waals surface area contributed by atoms with E-state index in [1.165, 1.54) is 31.2 Å². The third-order valence-electron chi connectivity index (χ3n) is 4.36. The van der Waals surface area contributed by atoms with Crippen LogP contribution in [0.2, 0.25) is 0 Å². The highest BCUT2D eigenvalue weighted by Gasteiger charge is 2.30. The first-order valence-corrected chi connectivity index (χ1v) is 8.72. The van der Waals surface area contributed by atoms with E-state index in [2.05, 4.69) is 15.6 Å². The number of phenolic OH excluding ortho intramolecular Hbond substituents is 1. The molecule has 10 heteroatoms. The number of aromatic hydroxyl groups is 1. The van der Waals surface area contributed by atoms with Crippen molar-refractivity contribution in [2.45, 2.75) is 20.0 Å². The van der Waals surface area contributed by atoms with Crippen molar-refractivity contribution in [3.63, 3.8) is 0 Å². The number of rotatable bonds is 4. The summed E-state index contributed by atoms with van der Waals surface area (Å²) in [5.74, 6) is -0.881. The Morgan fingerprint density at radius 1 is 1.13 bits per heavy atom. The van der Waals surface area contributed by atoms with Gasteiger partial charge in [0, 0.05) is 5.69 Å². The molecule has 1 amide bonds. The molecule has 0 aliphatic carbocycles. The molecule has 3 aromatic rings. The molecule has 0 atom stereocenters. The maximum absolute atomic E-state index is 12.8. The molecule has 1 heterocycles. The zero-order chi connectivity index (χ0) is 22.1. The molecule has 0 saturated carbocycles. The van der Waals surface area contributed by atoms with Crippen molar-refractivity contribution < 1.29 is 23.1 Å². The lowest BCUT2D eigenvalue weighted by atomic mass is 10.2.